The molecule has 0 amide bonds. The third-order valence-electron chi connectivity index (χ3n) is 1.74. The molecule has 0 saturated heterocycles. The fraction of sp³-hybridized carbons (Fsp3) is 0.625. The minimum Gasteiger partial charge on any atom is -0.481 e. The summed E-state index contributed by atoms with van der Waals surface area (Å²) in [5.41, 5.74) is 0. The Morgan fingerprint density at radius 3 is 2.33 bits per heavy atom. The van der Waals surface area contributed by atoms with Gasteiger partial charge in [0.25, 0.3) is 10.2 Å². The van der Waals surface area contributed by atoms with E-state index in [1.54, 1.807) is 0 Å². The average molecular weight is 234 g/mol. The summed E-state index contributed by atoms with van der Waals surface area (Å²) in [5.74, 6) is 1.15. The molecule has 0 fully saturated rings. The van der Waals surface area contributed by atoms with Crippen LogP contribution in [0.25, 0.3) is 0 Å². The summed E-state index contributed by atoms with van der Waals surface area (Å²) in [4.78, 5) is 10.3. The van der Waals surface area contributed by atoms with Crippen molar-refractivity contribution in [3.8, 4) is 12.3 Å². The van der Waals surface area contributed by atoms with Crippen LogP contribution in [0.2, 0.25) is 0 Å². The topological polar surface area (TPSA) is 77.9 Å². The number of aliphatic carboxylic acids is 1. The number of hydrogen-bond acceptors (Lipinski definition) is 3. The normalized spacial score (nSPS) is 11.7. The Morgan fingerprint density at radius 1 is 1.40 bits per heavy atom. The van der Waals surface area contributed by atoms with E-state index in [-0.39, 0.29) is 19.5 Å². The van der Waals surface area contributed by atoms with E-state index in [4.69, 9.17) is 11.5 Å². The molecule has 0 aromatic rings. The van der Waals surface area contributed by atoms with E-state index in [1.165, 1.54) is 14.1 Å². The van der Waals surface area contributed by atoms with E-state index in [0.29, 0.717) is 0 Å². The van der Waals surface area contributed by atoms with Gasteiger partial charge in [0.15, 0.2) is 0 Å². The largest absolute Gasteiger partial charge is 0.481 e. The summed E-state index contributed by atoms with van der Waals surface area (Å²) in [6.07, 6.45) is 4.74. The second-order valence-corrected chi connectivity index (χ2v) is 5.08. The summed E-state index contributed by atoms with van der Waals surface area (Å²) >= 11 is 0. The van der Waals surface area contributed by atoms with Gasteiger partial charge in [0.1, 0.15) is 0 Å². The number of terminal acetylenes is 1. The zero-order valence-corrected chi connectivity index (χ0v) is 9.49. The number of carbonyl (C=O) groups is 1. The number of hydrogen-bond donors (Lipinski definition) is 1. The van der Waals surface area contributed by atoms with Crippen LogP contribution in [0.3, 0.4) is 0 Å². The van der Waals surface area contributed by atoms with Gasteiger partial charge in [0.05, 0.1) is 13.0 Å². The first-order chi connectivity index (χ1) is 6.82. The number of carboxylic acid groups (broad SMARTS) is 1. The van der Waals surface area contributed by atoms with Crippen LogP contribution < -0.4 is 0 Å². The van der Waals surface area contributed by atoms with Crippen molar-refractivity contribution in [2.75, 3.05) is 27.2 Å². The summed E-state index contributed by atoms with van der Waals surface area (Å²) in [6.45, 7) is -0.119. The van der Waals surface area contributed by atoms with Gasteiger partial charge >= 0.3 is 5.97 Å². The maximum atomic E-state index is 11.6. The summed E-state index contributed by atoms with van der Waals surface area (Å²) in [5, 5.41) is 8.40. The van der Waals surface area contributed by atoms with Crippen molar-refractivity contribution >= 4 is 16.2 Å². The highest BCUT2D eigenvalue weighted by molar-refractivity contribution is 7.86. The maximum absolute atomic E-state index is 11.6. The van der Waals surface area contributed by atoms with Gasteiger partial charge in [-0.25, -0.2) is 0 Å². The highest BCUT2D eigenvalue weighted by Crippen LogP contribution is 2.03. The highest BCUT2D eigenvalue weighted by Gasteiger charge is 2.22. The van der Waals surface area contributed by atoms with Crippen LogP contribution in [0.5, 0.6) is 0 Å². The lowest BCUT2D eigenvalue weighted by molar-refractivity contribution is -0.137. The molecule has 0 rings (SSSR count). The van der Waals surface area contributed by atoms with Crippen molar-refractivity contribution in [3.63, 3.8) is 0 Å². The summed E-state index contributed by atoms with van der Waals surface area (Å²) in [6, 6.07) is 0. The van der Waals surface area contributed by atoms with Crippen LogP contribution >= 0.6 is 0 Å². The summed E-state index contributed by atoms with van der Waals surface area (Å²) < 4.78 is 25.1. The van der Waals surface area contributed by atoms with Crippen LogP contribution in [0.1, 0.15) is 6.42 Å². The second-order valence-electron chi connectivity index (χ2n) is 2.93. The van der Waals surface area contributed by atoms with E-state index in [9.17, 15) is 13.2 Å². The molecule has 0 spiro atoms. The molecule has 0 aromatic carbocycles. The van der Waals surface area contributed by atoms with Crippen LogP contribution in [0.15, 0.2) is 0 Å². The van der Waals surface area contributed by atoms with Crippen molar-refractivity contribution < 1.29 is 18.3 Å². The first-order valence-electron chi connectivity index (χ1n) is 4.15. The molecule has 86 valence electrons. The number of rotatable bonds is 6. The van der Waals surface area contributed by atoms with Crippen molar-refractivity contribution in [3.05, 3.63) is 0 Å². The molecule has 15 heavy (non-hydrogen) atoms. The Balaban J connectivity index is 4.46. The van der Waals surface area contributed by atoms with Crippen molar-refractivity contribution in [2.45, 2.75) is 6.42 Å². The molecule has 0 saturated carbocycles. The molecule has 0 aliphatic carbocycles. The van der Waals surface area contributed by atoms with Gasteiger partial charge in [-0.05, 0) is 0 Å². The minimum atomic E-state index is -3.64. The smallest absolute Gasteiger partial charge is 0.304 e. The van der Waals surface area contributed by atoms with Crippen molar-refractivity contribution in [2.24, 2.45) is 0 Å². The molecule has 0 atom stereocenters. The molecular formula is C8H14N2O4S. The molecule has 0 radical (unpaired) electrons. The monoisotopic (exact) mass is 234 g/mol. The lowest BCUT2D eigenvalue weighted by atomic mass is 10.4. The Bertz CT molecular complexity index is 357. The van der Waals surface area contributed by atoms with Crippen LogP contribution in [0.4, 0.5) is 0 Å². The highest BCUT2D eigenvalue weighted by atomic mass is 32.2. The third-order valence-corrected chi connectivity index (χ3v) is 3.63. The van der Waals surface area contributed by atoms with Gasteiger partial charge in [-0.2, -0.15) is 17.0 Å². The van der Waals surface area contributed by atoms with Gasteiger partial charge in [-0.15, -0.1) is 6.42 Å². The Kier molecular flexibility index (Phi) is 5.28. The SMILES string of the molecule is C#CCN(C)S(=O)(=O)N(C)CCC(=O)O. The third kappa shape index (κ3) is 4.29. The fourth-order valence-corrected chi connectivity index (χ4v) is 1.85. The summed E-state index contributed by atoms with van der Waals surface area (Å²) in [7, 11) is -0.985. The molecule has 0 unspecified atom stereocenters. The predicted octanol–water partition coefficient (Wildman–Crippen LogP) is -0.797. The first kappa shape index (κ1) is 13.9. The molecular weight excluding hydrogens is 220 g/mol. The van der Waals surface area contributed by atoms with E-state index in [1.807, 2.05) is 0 Å². The minimum absolute atomic E-state index is 0.0419. The molecule has 0 aromatic heterocycles. The van der Waals surface area contributed by atoms with Gasteiger partial charge < -0.3 is 5.11 Å². The quantitative estimate of drug-likeness (QED) is 0.610. The molecule has 0 aliphatic heterocycles. The molecule has 0 bridgehead atoms. The van der Waals surface area contributed by atoms with Crippen LogP contribution in [0, 0.1) is 12.3 Å². The van der Waals surface area contributed by atoms with Gasteiger partial charge in [-0.3, -0.25) is 4.79 Å². The van der Waals surface area contributed by atoms with E-state index >= 15 is 0 Å². The van der Waals surface area contributed by atoms with Crippen molar-refractivity contribution in [1.82, 2.24) is 8.61 Å². The van der Waals surface area contributed by atoms with Gasteiger partial charge in [-0.1, -0.05) is 5.92 Å². The predicted molar refractivity (Wildman–Crippen MR) is 55.3 cm³/mol. The Hall–Kier alpha value is -1.10. The maximum Gasteiger partial charge on any atom is 0.304 e. The van der Waals surface area contributed by atoms with E-state index in [0.717, 1.165) is 8.61 Å². The zero-order chi connectivity index (χ0) is 12.1. The molecule has 0 aliphatic rings. The molecule has 6 nitrogen and oxygen atoms in total. The number of carboxylic acids is 1. The standard InChI is InChI=1S/C8H14N2O4S/c1-4-6-9(2)15(13,14)10(3)7-5-8(11)12/h1H,5-7H2,2-3H3,(H,11,12). The molecule has 0 heterocycles. The zero-order valence-electron chi connectivity index (χ0n) is 8.67. The molecule has 1 N–H and O–H groups in total. The fourth-order valence-electron chi connectivity index (χ4n) is 0.817. The lowest BCUT2D eigenvalue weighted by Gasteiger charge is -2.22. The second kappa shape index (κ2) is 5.70. The van der Waals surface area contributed by atoms with E-state index < -0.39 is 16.2 Å². The lowest BCUT2D eigenvalue weighted by Crippen LogP contribution is -2.40. The average Bonchev–Trinajstić information content (AvgIpc) is 2.14. The van der Waals surface area contributed by atoms with Crippen LogP contribution in [-0.2, 0) is 15.0 Å². The van der Waals surface area contributed by atoms with Gasteiger partial charge in [0.2, 0.25) is 0 Å². The first-order valence-corrected chi connectivity index (χ1v) is 5.55. The number of nitrogens with zero attached hydrogens (tertiary/aromatic N) is 2. The molecule has 7 heteroatoms. The van der Waals surface area contributed by atoms with Crippen molar-refractivity contribution in [1.29, 1.82) is 0 Å². The van der Waals surface area contributed by atoms with Gasteiger partial charge in [0, 0.05) is 20.6 Å². The van der Waals surface area contributed by atoms with Crippen LogP contribution in [-0.4, -0.2) is 55.3 Å². The Morgan fingerprint density at radius 2 is 1.93 bits per heavy atom. The Labute approximate surface area is 89.7 Å². The van der Waals surface area contributed by atoms with E-state index in [2.05, 4.69) is 5.92 Å².